The van der Waals surface area contributed by atoms with Crippen LogP contribution in [0.5, 0.6) is 17.2 Å². The van der Waals surface area contributed by atoms with Gasteiger partial charge in [-0.25, -0.2) is 0 Å². The number of carbonyl (C=O) groups excluding carboxylic acids is 2. The number of hydrogen-bond donors (Lipinski definition) is 1. The minimum absolute atomic E-state index is 0.0570. The number of hydrogen-bond acceptors (Lipinski definition) is 7. The van der Waals surface area contributed by atoms with Crippen molar-refractivity contribution in [3.05, 3.63) is 77.3 Å². The minimum atomic E-state index is -0.973. The van der Waals surface area contributed by atoms with E-state index < -0.39 is 17.7 Å². The molecule has 1 N–H and O–H groups in total. The monoisotopic (exact) mass is 461 g/mol. The molecule has 1 fully saturated rings. The molecule has 1 atom stereocenters. The molecule has 3 aromatic rings. The molecule has 2 aliphatic rings. The number of furan rings is 1. The van der Waals surface area contributed by atoms with E-state index in [9.17, 15) is 14.7 Å². The predicted molar refractivity (Wildman–Crippen MR) is 123 cm³/mol. The third kappa shape index (κ3) is 3.57. The molecular formula is C26H23NO7. The summed E-state index contributed by atoms with van der Waals surface area (Å²) < 4.78 is 22.0. The Morgan fingerprint density at radius 2 is 1.82 bits per heavy atom. The molecular weight excluding hydrogens is 438 g/mol. The fourth-order valence-electron chi connectivity index (χ4n) is 4.41. The SMILES string of the molecule is COc1cc(OC)cc(N2C(=O)C(=O)/C(=C(\O)c3ccc4c(c3)CCCO4)C2c2ccco2)c1. The van der Waals surface area contributed by atoms with Gasteiger partial charge in [0.25, 0.3) is 11.7 Å². The number of carbonyl (C=O) groups is 2. The first-order valence-electron chi connectivity index (χ1n) is 10.9. The number of methoxy groups -OCH3 is 2. The van der Waals surface area contributed by atoms with Crippen LogP contribution < -0.4 is 19.1 Å². The summed E-state index contributed by atoms with van der Waals surface area (Å²) in [4.78, 5) is 27.8. The summed E-state index contributed by atoms with van der Waals surface area (Å²) in [6.45, 7) is 0.645. The second-order valence-corrected chi connectivity index (χ2v) is 8.03. The van der Waals surface area contributed by atoms with Gasteiger partial charge in [0.05, 0.1) is 38.4 Å². The number of ketones is 1. The molecule has 2 aromatic carbocycles. The Hall–Kier alpha value is -4.20. The molecule has 174 valence electrons. The number of anilines is 1. The highest BCUT2D eigenvalue weighted by Gasteiger charge is 2.48. The van der Waals surface area contributed by atoms with Crippen molar-refractivity contribution >= 4 is 23.1 Å². The van der Waals surface area contributed by atoms with Gasteiger partial charge in [-0.15, -0.1) is 0 Å². The van der Waals surface area contributed by atoms with E-state index in [1.54, 1.807) is 48.5 Å². The highest BCUT2D eigenvalue weighted by atomic mass is 16.5. The second-order valence-electron chi connectivity index (χ2n) is 8.03. The number of Topliss-reactive ketones (excluding diaryl/α,β-unsaturated/α-hetero) is 1. The molecule has 3 heterocycles. The maximum Gasteiger partial charge on any atom is 0.300 e. The van der Waals surface area contributed by atoms with Crippen LogP contribution in [-0.2, 0) is 16.0 Å². The van der Waals surface area contributed by atoms with Crippen molar-refractivity contribution in [2.75, 3.05) is 25.7 Å². The summed E-state index contributed by atoms with van der Waals surface area (Å²) in [5.41, 5.74) is 1.69. The molecule has 5 rings (SSSR count). The molecule has 1 aromatic heterocycles. The molecule has 34 heavy (non-hydrogen) atoms. The van der Waals surface area contributed by atoms with E-state index in [4.69, 9.17) is 18.6 Å². The molecule has 1 saturated heterocycles. The van der Waals surface area contributed by atoms with Crippen LogP contribution in [0.4, 0.5) is 5.69 Å². The molecule has 0 aliphatic carbocycles. The molecule has 0 spiro atoms. The second kappa shape index (κ2) is 8.62. The van der Waals surface area contributed by atoms with Crippen LogP contribution >= 0.6 is 0 Å². The van der Waals surface area contributed by atoms with E-state index in [1.807, 2.05) is 0 Å². The maximum absolute atomic E-state index is 13.3. The van der Waals surface area contributed by atoms with Gasteiger partial charge in [-0.05, 0) is 48.7 Å². The van der Waals surface area contributed by atoms with Gasteiger partial charge in [0, 0.05) is 23.8 Å². The van der Waals surface area contributed by atoms with E-state index in [0.717, 1.165) is 24.2 Å². The number of aliphatic hydroxyl groups excluding tert-OH is 1. The molecule has 0 saturated carbocycles. The minimum Gasteiger partial charge on any atom is -0.507 e. The van der Waals surface area contributed by atoms with Crippen molar-refractivity contribution in [1.82, 2.24) is 0 Å². The average molecular weight is 461 g/mol. The lowest BCUT2D eigenvalue weighted by Gasteiger charge is -2.24. The zero-order valence-electron chi connectivity index (χ0n) is 18.7. The van der Waals surface area contributed by atoms with Crippen LogP contribution in [0.15, 0.2) is 64.8 Å². The number of fused-ring (bicyclic) bond motifs is 1. The van der Waals surface area contributed by atoms with Crippen LogP contribution in [0.2, 0.25) is 0 Å². The molecule has 1 amide bonds. The maximum atomic E-state index is 13.3. The van der Waals surface area contributed by atoms with E-state index >= 15 is 0 Å². The van der Waals surface area contributed by atoms with Gasteiger partial charge in [0.2, 0.25) is 0 Å². The van der Waals surface area contributed by atoms with E-state index in [0.29, 0.717) is 35.1 Å². The summed E-state index contributed by atoms with van der Waals surface area (Å²) >= 11 is 0. The van der Waals surface area contributed by atoms with Crippen LogP contribution in [0.25, 0.3) is 5.76 Å². The molecule has 8 heteroatoms. The zero-order valence-corrected chi connectivity index (χ0v) is 18.7. The summed E-state index contributed by atoms with van der Waals surface area (Å²) in [7, 11) is 2.99. The number of ether oxygens (including phenoxy) is 3. The van der Waals surface area contributed by atoms with E-state index in [2.05, 4.69) is 0 Å². The molecule has 0 radical (unpaired) electrons. The number of nitrogens with zero attached hydrogens (tertiary/aromatic N) is 1. The molecule has 1 unspecified atom stereocenters. The van der Waals surface area contributed by atoms with Gasteiger partial charge < -0.3 is 23.7 Å². The zero-order chi connectivity index (χ0) is 23.8. The topological polar surface area (TPSA) is 98.4 Å². The van der Waals surface area contributed by atoms with E-state index in [1.165, 1.54) is 25.4 Å². The fraction of sp³-hybridized carbons (Fsp3) is 0.231. The smallest absolute Gasteiger partial charge is 0.300 e. The van der Waals surface area contributed by atoms with Crippen molar-refractivity contribution in [2.45, 2.75) is 18.9 Å². The summed E-state index contributed by atoms with van der Waals surface area (Å²) in [6, 6.07) is 12.5. The normalized spacial score (nSPS) is 19.0. The largest absolute Gasteiger partial charge is 0.507 e. The first-order chi connectivity index (χ1) is 16.5. The van der Waals surface area contributed by atoms with E-state index in [-0.39, 0.29) is 11.3 Å². The highest BCUT2D eigenvalue weighted by molar-refractivity contribution is 6.51. The highest BCUT2D eigenvalue weighted by Crippen LogP contribution is 2.44. The van der Waals surface area contributed by atoms with Gasteiger partial charge in [-0.3, -0.25) is 14.5 Å². The summed E-state index contributed by atoms with van der Waals surface area (Å²) in [6.07, 6.45) is 3.12. The first kappa shape index (κ1) is 21.6. The Morgan fingerprint density at radius 3 is 2.50 bits per heavy atom. The average Bonchev–Trinajstić information content (AvgIpc) is 3.49. The number of aryl methyl sites for hydroxylation is 1. The number of rotatable bonds is 5. The Balaban J connectivity index is 1.68. The Kier molecular flexibility index (Phi) is 5.49. The van der Waals surface area contributed by atoms with Gasteiger partial charge in [-0.2, -0.15) is 0 Å². The van der Waals surface area contributed by atoms with Crippen molar-refractivity contribution < 1.29 is 33.3 Å². The van der Waals surface area contributed by atoms with Crippen molar-refractivity contribution in [1.29, 1.82) is 0 Å². The van der Waals surface area contributed by atoms with Crippen LogP contribution in [0.3, 0.4) is 0 Å². The molecule has 8 nitrogen and oxygen atoms in total. The summed E-state index contributed by atoms with van der Waals surface area (Å²) in [5.74, 6) is 0.117. The first-order valence-corrected chi connectivity index (χ1v) is 10.9. The van der Waals surface area contributed by atoms with Crippen molar-refractivity contribution in [3.63, 3.8) is 0 Å². The summed E-state index contributed by atoms with van der Waals surface area (Å²) in [5, 5.41) is 11.3. The number of amides is 1. The Bertz CT molecular complexity index is 1270. The Labute approximate surface area is 196 Å². The number of benzene rings is 2. The van der Waals surface area contributed by atoms with Gasteiger partial charge >= 0.3 is 0 Å². The molecule has 2 aliphatic heterocycles. The lowest BCUT2D eigenvalue weighted by molar-refractivity contribution is -0.132. The van der Waals surface area contributed by atoms with Crippen molar-refractivity contribution in [3.8, 4) is 17.2 Å². The van der Waals surface area contributed by atoms with Crippen LogP contribution in [0, 0.1) is 0 Å². The molecule has 0 bridgehead atoms. The number of aliphatic hydroxyl groups is 1. The third-order valence-electron chi connectivity index (χ3n) is 6.05. The standard InChI is InChI=1S/C26H23NO7/c1-31-18-12-17(13-19(14-18)32-2)27-23(21-6-4-10-34-21)22(25(29)26(27)30)24(28)16-7-8-20-15(11-16)5-3-9-33-20/h4,6-8,10-14,23,28H,3,5,9H2,1-2H3/b24-22-. The Morgan fingerprint density at radius 1 is 1.06 bits per heavy atom. The lowest BCUT2D eigenvalue weighted by Crippen LogP contribution is -2.29. The van der Waals surface area contributed by atoms with Crippen LogP contribution in [-0.4, -0.2) is 37.6 Å². The predicted octanol–water partition coefficient (Wildman–Crippen LogP) is 4.25. The fourth-order valence-corrected chi connectivity index (χ4v) is 4.41. The van der Waals surface area contributed by atoms with Gasteiger partial charge in [0.1, 0.15) is 34.8 Å². The van der Waals surface area contributed by atoms with Crippen molar-refractivity contribution in [2.24, 2.45) is 0 Å². The van der Waals surface area contributed by atoms with Gasteiger partial charge in [0.15, 0.2) is 0 Å². The lowest BCUT2D eigenvalue weighted by atomic mass is 9.96. The third-order valence-corrected chi connectivity index (χ3v) is 6.05. The quantitative estimate of drug-likeness (QED) is 0.345. The van der Waals surface area contributed by atoms with Crippen LogP contribution in [0.1, 0.15) is 29.3 Å². The van der Waals surface area contributed by atoms with Gasteiger partial charge in [-0.1, -0.05) is 0 Å².